The van der Waals surface area contributed by atoms with E-state index in [9.17, 15) is 4.79 Å². The minimum Gasteiger partial charge on any atom is -0.481 e. The third-order valence-electron chi connectivity index (χ3n) is 4.68. The minimum atomic E-state index is -0.764. The van der Waals surface area contributed by atoms with Crippen molar-refractivity contribution in [3.63, 3.8) is 0 Å². The molecule has 1 saturated carbocycles. The van der Waals surface area contributed by atoms with Gasteiger partial charge in [-0.3, -0.25) is 9.78 Å². The first-order valence-electron chi connectivity index (χ1n) is 10.1. The van der Waals surface area contributed by atoms with Gasteiger partial charge in [0.25, 0.3) is 0 Å². The van der Waals surface area contributed by atoms with E-state index in [2.05, 4.69) is 26.7 Å². The third-order valence-corrected chi connectivity index (χ3v) is 4.68. The fourth-order valence-electron chi connectivity index (χ4n) is 3.06. The van der Waals surface area contributed by atoms with Crippen LogP contribution in [-0.4, -0.2) is 28.1 Å². The number of benzene rings is 1. The Hall–Kier alpha value is -3.66. The van der Waals surface area contributed by atoms with Crippen LogP contribution in [0.25, 0.3) is 5.57 Å². The summed E-state index contributed by atoms with van der Waals surface area (Å²) in [5, 5.41) is 24.2. The summed E-state index contributed by atoms with van der Waals surface area (Å²) in [6.45, 7) is 0. The normalized spacial score (nSPS) is 14.1. The number of aromatic nitrogens is 1. The van der Waals surface area contributed by atoms with Crippen molar-refractivity contribution in [2.24, 2.45) is 4.99 Å². The molecule has 2 aromatic rings. The highest BCUT2D eigenvalue weighted by Gasteiger charge is 2.22. The molecule has 0 bridgehead atoms. The smallest absolute Gasteiger partial charge is 0.303 e. The van der Waals surface area contributed by atoms with E-state index in [1.165, 1.54) is 0 Å². The van der Waals surface area contributed by atoms with Gasteiger partial charge in [-0.1, -0.05) is 24.3 Å². The Morgan fingerprint density at radius 2 is 2.10 bits per heavy atom. The van der Waals surface area contributed by atoms with Crippen LogP contribution in [-0.2, 0) is 4.79 Å². The Balaban J connectivity index is 1.79. The molecule has 1 aliphatic rings. The number of hydrogen-bond donors (Lipinski definition) is 3. The first kappa shape index (κ1) is 21.1. The Kier molecular flexibility index (Phi) is 7.56. The van der Waals surface area contributed by atoms with Crippen LogP contribution in [0.2, 0.25) is 0 Å². The zero-order chi connectivity index (χ0) is 21.2. The molecular formula is C23H25N5O2. The molecule has 3 rings (SSSR count). The predicted octanol–water partition coefficient (Wildman–Crippen LogP) is 4.16. The van der Waals surface area contributed by atoms with Crippen LogP contribution in [0.15, 0.2) is 59.9 Å². The Bertz CT molecular complexity index is 959. The quantitative estimate of drug-likeness (QED) is 0.251. The summed E-state index contributed by atoms with van der Waals surface area (Å²) in [4.78, 5) is 18.8. The average molecular weight is 403 g/mol. The molecule has 3 N–H and O–H groups in total. The molecule has 1 aliphatic carbocycles. The van der Waals surface area contributed by atoms with Gasteiger partial charge in [0.05, 0.1) is 0 Å². The van der Waals surface area contributed by atoms with E-state index in [0.29, 0.717) is 18.4 Å². The van der Waals surface area contributed by atoms with Gasteiger partial charge in [-0.25, -0.2) is 0 Å². The number of allylic oxidation sites excluding steroid dienone is 1. The summed E-state index contributed by atoms with van der Waals surface area (Å²) in [5.74, 6) is -0.308. The highest BCUT2D eigenvalue weighted by atomic mass is 16.4. The van der Waals surface area contributed by atoms with E-state index >= 15 is 0 Å². The average Bonchev–Trinajstić information content (AvgIpc) is 3.55. The number of nitrogens with one attached hydrogen (secondary N) is 2. The van der Waals surface area contributed by atoms with E-state index in [4.69, 9.17) is 10.4 Å². The van der Waals surface area contributed by atoms with E-state index in [1.807, 2.05) is 48.8 Å². The van der Waals surface area contributed by atoms with Crippen LogP contribution in [0, 0.1) is 11.5 Å². The number of unbranched alkanes of at least 4 members (excludes halogenated alkanes) is 2. The van der Waals surface area contributed by atoms with Gasteiger partial charge in [0.2, 0.25) is 12.2 Å². The monoisotopic (exact) mass is 403 g/mol. The van der Waals surface area contributed by atoms with Crippen LogP contribution >= 0.6 is 0 Å². The highest BCUT2D eigenvalue weighted by Crippen LogP contribution is 2.26. The largest absolute Gasteiger partial charge is 0.481 e. The molecule has 154 valence electrons. The van der Waals surface area contributed by atoms with Crippen molar-refractivity contribution in [3.8, 4) is 6.19 Å². The molecule has 1 heterocycles. The molecule has 0 unspecified atom stereocenters. The topological polar surface area (TPSA) is 110 Å². The van der Waals surface area contributed by atoms with Crippen LogP contribution < -0.4 is 10.6 Å². The number of nitriles is 1. The van der Waals surface area contributed by atoms with Crippen molar-refractivity contribution in [2.45, 2.75) is 44.6 Å². The summed E-state index contributed by atoms with van der Waals surface area (Å²) in [5.41, 5.74) is 3.87. The number of aliphatic carboxylic acids is 1. The number of pyridine rings is 1. The van der Waals surface area contributed by atoms with Crippen LogP contribution in [0.3, 0.4) is 0 Å². The molecule has 7 heteroatoms. The second-order valence-electron chi connectivity index (χ2n) is 7.18. The molecule has 0 radical (unpaired) electrons. The SMILES string of the molecule is N#C/N=C(\Nc1cccc(/C(=C\CCCCC(=O)O)c2cccnc2)c1)NC1CC1. The predicted molar refractivity (Wildman–Crippen MR) is 117 cm³/mol. The summed E-state index contributed by atoms with van der Waals surface area (Å²) >= 11 is 0. The highest BCUT2D eigenvalue weighted by molar-refractivity contribution is 5.95. The lowest BCUT2D eigenvalue weighted by molar-refractivity contribution is -0.137. The number of nitrogens with zero attached hydrogens (tertiary/aromatic N) is 3. The van der Waals surface area contributed by atoms with Crippen molar-refractivity contribution in [3.05, 3.63) is 66.0 Å². The minimum absolute atomic E-state index is 0.185. The van der Waals surface area contributed by atoms with E-state index in [-0.39, 0.29) is 6.42 Å². The van der Waals surface area contributed by atoms with E-state index in [1.54, 1.807) is 6.20 Å². The number of guanidine groups is 1. The molecule has 1 aromatic heterocycles. The van der Waals surface area contributed by atoms with Gasteiger partial charge in [-0.05, 0) is 61.4 Å². The number of carbonyl (C=O) groups is 1. The fourth-order valence-corrected chi connectivity index (χ4v) is 3.06. The molecule has 0 atom stereocenters. The second-order valence-corrected chi connectivity index (χ2v) is 7.18. The van der Waals surface area contributed by atoms with Crippen LogP contribution in [0.5, 0.6) is 0 Å². The van der Waals surface area contributed by atoms with E-state index in [0.717, 1.165) is 48.1 Å². The van der Waals surface area contributed by atoms with Gasteiger partial charge in [0.15, 0.2) is 0 Å². The zero-order valence-electron chi connectivity index (χ0n) is 16.7. The van der Waals surface area contributed by atoms with Crippen molar-refractivity contribution in [1.82, 2.24) is 10.3 Å². The number of anilines is 1. The maximum atomic E-state index is 10.7. The lowest BCUT2D eigenvalue weighted by Gasteiger charge is -2.13. The number of carboxylic acid groups (broad SMARTS) is 1. The van der Waals surface area contributed by atoms with Gasteiger partial charge in [0, 0.05) is 36.1 Å². The van der Waals surface area contributed by atoms with Gasteiger partial charge < -0.3 is 15.7 Å². The zero-order valence-corrected chi connectivity index (χ0v) is 16.7. The molecule has 0 amide bonds. The summed E-state index contributed by atoms with van der Waals surface area (Å²) in [6, 6.07) is 12.2. The molecule has 0 spiro atoms. The Labute approximate surface area is 176 Å². The van der Waals surface area contributed by atoms with Gasteiger partial charge in [0.1, 0.15) is 0 Å². The second kappa shape index (κ2) is 10.8. The number of aliphatic imine (C=N–C) groups is 1. The third kappa shape index (κ3) is 6.74. The van der Waals surface area contributed by atoms with Crippen molar-refractivity contribution in [2.75, 3.05) is 5.32 Å². The fraction of sp³-hybridized carbons (Fsp3) is 0.304. The maximum absolute atomic E-state index is 10.7. The van der Waals surface area contributed by atoms with Crippen molar-refractivity contribution < 1.29 is 9.90 Å². The summed E-state index contributed by atoms with van der Waals surface area (Å²) in [6.07, 6.45) is 12.1. The molecule has 0 aliphatic heterocycles. The number of rotatable bonds is 9. The van der Waals surface area contributed by atoms with Crippen molar-refractivity contribution in [1.29, 1.82) is 5.26 Å². The summed E-state index contributed by atoms with van der Waals surface area (Å²) in [7, 11) is 0. The van der Waals surface area contributed by atoms with Crippen LogP contribution in [0.4, 0.5) is 5.69 Å². The lowest BCUT2D eigenvalue weighted by atomic mass is 9.97. The maximum Gasteiger partial charge on any atom is 0.303 e. The van der Waals surface area contributed by atoms with Crippen molar-refractivity contribution >= 4 is 23.2 Å². The standard InChI is InChI=1S/C23H25N5O2/c24-16-26-23(27-19-11-12-19)28-20-8-4-6-17(14-20)21(18-7-5-13-25-15-18)9-2-1-3-10-22(29)30/h4-9,13-15,19H,1-3,10-12H2,(H,29,30)(H2,26,27,28)/b21-9+. The van der Waals surface area contributed by atoms with E-state index < -0.39 is 5.97 Å². The van der Waals surface area contributed by atoms with Gasteiger partial charge >= 0.3 is 5.97 Å². The van der Waals surface area contributed by atoms with Crippen LogP contribution in [0.1, 0.15) is 49.7 Å². The molecule has 1 aromatic carbocycles. The molecule has 0 saturated heterocycles. The summed E-state index contributed by atoms with van der Waals surface area (Å²) < 4.78 is 0. The Morgan fingerprint density at radius 3 is 2.80 bits per heavy atom. The number of carboxylic acids is 1. The van der Waals surface area contributed by atoms with Gasteiger partial charge in [-0.15, -0.1) is 4.99 Å². The molecule has 1 fully saturated rings. The Morgan fingerprint density at radius 1 is 1.27 bits per heavy atom. The first-order valence-corrected chi connectivity index (χ1v) is 10.1. The molecular weight excluding hydrogens is 378 g/mol. The molecule has 30 heavy (non-hydrogen) atoms. The molecule has 7 nitrogen and oxygen atoms in total. The lowest BCUT2D eigenvalue weighted by Crippen LogP contribution is -2.32. The number of hydrogen-bond acceptors (Lipinski definition) is 4. The first-order chi connectivity index (χ1) is 14.7. The van der Waals surface area contributed by atoms with Gasteiger partial charge in [-0.2, -0.15) is 5.26 Å².